The van der Waals surface area contributed by atoms with Gasteiger partial charge in [0.1, 0.15) is 0 Å². The second-order valence-corrected chi connectivity index (χ2v) is 4.99. The zero-order valence-electron chi connectivity index (χ0n) is 9.17. The molecule has 0 saturated heterocycles. The lowest BCUT2D eigenvalue weighted by atomic mass is 9.83. The summed E-state index contributed by atoms with van der Waals surface area (Å²) < 4.78 is 11.3. The molecule has 0 bridgehead atoms. The van der Waals surface area contributed by atoms with Crippen LogP contribution >= 0.6 is 8.03 Å². The normalized spacial score (nSPS) is 13.5. The molecule has 1 unspecified atom stereocenters. The zero-order valence-corrected chi connectivity index (χ0v) is 10.1. The smallest absolute Gasteiger partial charge is 0.315 e. The van der Waals surface area contributed by atoms with Crippen LogP contribution in [0.5, 0.6) is 0 Å². The number of hydrogen-bond acceptors (Lipinski definition) is 2. The topological polar surface area (TPSA) is 40.1 Å². The summed E-state index contributed by atoms with van der Waals surface area (Å²) in [7, 11) is -2.30. The van der Waals surface area contributed by atoms with Gasteiger partial charge < -0.3 is 4.89 Å². The van der Waals surface area contributed by atoms with E-state index in [2.05, 4.69) is 13.8 Å². The van der Waals surface area contributed by atoms with Crippen LogP contribution in [-0.2, 0) is 4.57 Å². The van der Waals surface area contributed by atoms with Gasteiger partial charge in [-0.05, 0) is 25.7 Å². The Labute approximate surface area is 82.6 Å². The first-order chi connectivity index (χ1) is 6.08. The molecule has 0 aromatic heterocycles. The summed E-state index contributed by atoms with van der Waals surface area (Å²) >= 11 is 0. The molecule has 0 aromatic carbocycles. The van der Waals surface area contributed by atoms with Crippen molar-refractivity contribution in [2.45, 2.75) is 58.5 Å². The number of rotatable bonds is 6. The molecule has 0 rings (SSSR count). The van der Waals surface area contributed by atoms with Crippen molar-refractivity contribution >= 4 is 8.03 Å². The lowest BCUT2D eigenvalue weighted by Crippen LogP contribution is -2.35. The maximum Gasteiger partial charge on any atom is 0.315 e. The van der Waals surface area contributed by atoms with Gasteiger partial charge in [0, 0.05) is 5.92 Å². The van der Waals surface area contributed by atoms with Gasteiger partial charge in [0.25, 0.3) is 0 Å². The highest BCUT2D eigenvalue weighted by Crippen LogP contribution is 2.46. The van der Waals surface area contributed by atoms with Crippen molar-refractivity contribution in [3.8, 4) is 0 Å². The second kappa shape index (κ2) is 5.72. The molecule has 0 aliphatic heterocycles. The Kier molecular flexibility index (Phi) is 5.75. The van der Waals surface area contributed by atoms with E-state index in [9.17, 15) is 9.46 Å². The fourth-order valence-corrected chi connectivity index (χ4v) is 3.46. The van der Waals surface area contributed by atoms with E-state index in [4.69, 9.17) is 0 Å². The first-order valence-electron chi connectivity index (χ1n) is 5.23. The fourth-order valence-electron chi connectivity index (χ4n) is 2.28. The van der Waals surface area contributed by atoms with Crippen LogP contribution < -0.4 is 4.89 Å². The standard InChI is InChI=1S/C10H21O2P/c1-5-9(6-2)10(7-3,8-4)13(11)12/h9H,5-8H2,1-4H3. The van der Waals surface area contributed by atoms with Gasteiger partial charge in [0.2, 0.25) is 0 Å². The quantitative estimate of drug-likeness (QED) is 0.624. The van der Waals surface area contributed by atoms with E-state index in [0.29, 0.717) is 5.92 Å². The van der Waals surface area contributed by atoms with E-state index >= 15 is 0 Å². The first-order valence-corrected chi connectivity index (χ1v) is 6.41. The molecule has 3 heteroatoms. The molecule has 0 aromatic rings. The highest BCUT2D eigenvalue weighted by molar-refractivity contribution is 7.38. The molecule has 0 amide bonds. The summed E-state index contributed by atoms with van der Waals surface area (Å²) in [5.74, 6) is 0.323. The largest absolute Gasteiger partial charge is 0.595 e. The van der Waals surface area contributed by atoms with Crippen LogP contribution in [0.15, 0.2) is 0 Å². The van der Waals surface area contributed by atoms with Crippen LogP contribution in [0, 0.1) is 5.92 Å². The van der Waals surface area contributed by atoms with Crippen molar-refractivity contribution in [3.05, 3.63) is 0 Å². The Bertz CT molecular complexity index is 160. The van der Waals surface area contributed by atoms with Crippen molar-refractivity contribution in [1.82, 2.24) is 0 Å². The van der Waals surface area contributed by atoms with Gasteiger partial charge in [-0.15, -0.1) is 0 Å². The first kappa shape index (κ1) is 13.1. The predicted octanol–water partition coefficient (Wildman–Crippen LogP) is 3.08. The Balaban J connectivity index is 4.82. The molecular formula is C10H21O2P. The SMILES string of the molecule is CCC(CC)C(CC)(CC)[P+](=O)[O-]. The molecule has 1 atom stereocenters. The molecule has 0 heterocycles. The Hall–Kier alpha value is 0.0600. The summed E-state index contributed by atoms with van der Waals surface area (Å²) in [6.45, 7) is 8.11. The van der Waals surface area contributed by atoms with Gasteiger partial charge in [-0.25, -0.2) is 0 Å². The Morgan fingerprint density at radius 3 is 1.62 bits per heavy atom. The van der Waals surface area contributed by atoms with Crippen LogP contribution in [-0.4, -0.2) is 5.16 Å². The van der Waals surface area contributed by atoms with Gasteiger partial charge >= 0.3 is 8.03 Å². The van der Waals surface area contributed by atoms with Gasteiger partial charge in [-0.1, -0.05) is 32.3 Å². The Morgan fingerprint density at radius 1 is 1.15 bits per heavy atom. The van der Waals surface area contributed by atoms with Gasteiger partial charge in [-0.3, -0.25) is 0 Å². The highest BCUT2D eigenvalue weighted by Gasteiger charge is 2.45. The summed E-state index contributed by atoms with van der Waals surface area (Å²) in [6, 6.07) is 0. The van der Waals surface area contributed by atoms with Crippen LogP contribution in [0.1, 0.15) is 53.4 Å². The molecule has 0 fully saturated rings. The average Bonchev–Trinajstić information content (AvgIpc) is 2.13. The van der Waals surface area contributed by atoms with Gasteiger partial charge in [-0.2, -0.15) is 0 Å². The van der Waals surface area contributed by atoms with E-state index in [1.165, 1.54) is 0 Å². The predicted molar refractivity (Wildman–Crippen MR) is 55.0 cm³/mol. The minimum absolute atomic E-state index is 0.323. The number of hydrogen-bond donors (Lipinski definition) is 0. The summed E-state index contributed by atoms with van der Waals surface area (Å²) in [4.78, 5) is 11.3. The van der Waals surface area contributed by atoms with Crippen molar-refractivity contribution in [3.63, 3.8) is 0 Å². The summed E-state index contributed by atoms with van der Waals surface area (Å²) in [5.41, 5.74) is 0. The molecule has 78 valence electrons. The molecule has 0 aliphatic rings. The third-order valence-corrected chi connectivity index (χ3v) is 5.06. The van der Waals surface area contributed by atoms with Crippen molar-refractivity contribution in [2.24, 2.45) is 5.92 Å². The molecule has 0 radical (unpaired) electrons. The van der Waals surface area contributed by atoms with Crippen LogP contribution in [0.3, 0.4) is 0 Å². The summed E-state index contributed by atoms with van der Waals surface area (Å²) in [5, 5.41) is -0.446. The van der Waals surface area contributed by atoms with E-state index in [1.807, 2.05) is 13.8 Å². The lowest BCUT2D eigenvalue weighted by molar-refractivity contribution is -0.171. The molecule has 2 nitrogen and oxygen atoms in total. The molecule has 0 spiro atoms. The van der Waals surface area contributed by atoms with Gasteiger partial charge in [0.05, 0.1) is 0 Å². The van der Waals surface area contributed by atoms with E-state index in [0.717, 1.165) is 25.7 Å². The second-order valence-electron chi connectivity index (χ2n) is 3.58. The zero-order chi connectivity index (χ0) is 10.5. The average molecular weight is 204 g/mol. The third-order valence-electron chi connectivity index (χ3n) is 3.33. The third kappa shape index (κ3) is 2.51. The lowest BCUT2D eigenvalue weighted by Gasteiger charge is -2.30. The molecule has 0 aliphatic carbocycles. The molecule has 13 heavy (non-hydrogen) atoms. The molecule has 0 saturated carbocycles. The fraction of sp³-hybridized carbons (Fsp3) is 1.00. The van der Waals surface area contributed by atoms with Crippen LogP contribution in [0.2, 0.25) is 0 Å². The highest BCUT2D eigenvalue weighted by atomic mass is 31.1. The molecular weight excluding hydrogens is 183 g/mol. The van der Waals surface area contributed by atoms with E-state index in [-0.39, 0.29) is 0 Å². The summed E-state index contributed by atoms with van der Waals surface area (Å²) in [6.07, 6.45) is 3.41. The minimum atomic E-state index is -2.30. The van der Waals surface area contributed by atoms with Crippen molar-refractivity contribution in [1.29, 1.82) is 0 Å². The Morgan fingerprint density at radius 2 is 1.54 bits per heavy atom. The van der Waals surface area contributed by atoms with E-state index in [1.54, 1.807) is 0 Å². The van der Waals surface area contributed by atoms with Crippen LogP contribution in [0.4, 0.5) is 0 Å². The van der Waals surface area contributed by atoms with Crippen molar-refractivity contribution in [2.75, 3.05) is 0 Å². The molecule has 0 N–H and O–H groups in total. The van der Waals surface area contributed by atoms with Gasteiger partial charge in [0.15, 0.2) is 5.16 Å². The maximum atomic E-state index is 11.3. The minimum Gasteiger partial charge on any atom is -0.595 e. The van der Waals surface area contributed by atoms with E-state index < -0.39 is 13.2 Å². The van der Waals surface area contributed by atoms with Crippen LogP contribution in [0.25, 0.3) is 0 Å². The monoisotopic (exact) mass is 204 g/mol. The van der Waals surface area contributed by atoms with Crippen molar-refractivity contribution < 1.29 is 9.46 Å². The maximum absolute atomic E-state index is 11.3.